The predicted octanol–water partition coefficient (Wildman–Crippen LogP) is 3.10. The Bertz CT molecular complexity index is 909. The van der Waals surface area contributed by atoms with Crippen molar-refractivity contribution in [3.63, 3.8) is 0 Å². The Hall–Kier alpha value is -2.66. The fourth-order valence-electron chi connectivity index (χ4n) is 2.18. The van der Waals surface area contributed by atoms with E-state index in [-0.39, 0.29) is 5.75 Å². The van der Waals surface area contributed by atoms with Gasteiger partial charge in [-0.3, -0.25) is 0 Å². The average Bonchev–Trinajstić information content (AvgIpc) is 2.81. The van der Waals surface area contributed by atoms with Crippen molar-refractivity contribution in [2.24, 2.45) is 0 Å². The third-order valence-corrected chi connectivity index (χ3v) is 3.62. The van der Waals surface area contributed by atoms with Gasteiger partial charge >= 0.3 is 0 Å². The smallest absolute Gasteiger partial charge is 0.185 e. The molecule has 0 saturated carbocycles. The summed E-state index contributed by atoms with van der Waals surface area (Å²) in [7, 11) is 0. The zero-order valence-electron chi connectivity index (χ0n) is 10.7. The van der Waals surface area contributed by atoms with Crippen LogP contribution >= 0.6 is 11.6 Å². The van der Waals surface area contributed by atoms with Crippen LogP contribution in [-0.4, -0.2) is 24.9 Å². The van der Waals surface area contributed by atoms with Crippen molar-refractivity contribution in [3.8, 4) is 17.1 Å². The highest BCUT2D eigenvalue weighted by molar-refractivity contribution is 6.31. The van der Waals surface area contributed by atoms with E-state index >= 15 is 0 Å². The second-order valence-corrected chi connectivity index (χ2v) is 5.03. The summed E-state index contributed by atoms with van der Waals surface area (Å²) in [6.07, 6.45) is 5.88. The summed E-state index contributed by atoms with van der Waals surface area (Å²) in [6.45, 7) is 0. The molecule has 0 amide bonds. The van der Waals surface area contributed by atoms with Gasteiger partial charge in [0.25, 0.3) is 0 Å². The molecular weight excluding hydrogens is 288 g/mol. The molecule has 3 aromatic rings. The molecule has 102 valence electrons. The number of allylic oxidation sites excluding steroid dienone is 4. The average molecular weight is 297 g/mol. The van der Waals surface area contributed by atoms with E-state index < -0.39 is 0 Å². The highest BCUT2D eigenvalue weighted by atomic mass is 35.5. The summed E-state index contributed by atoms with van der Waals surface area (Å²) in [5, 5.41) is 22.4. The van der Waals surface area contributed by atoms with E-state index in [2.05, 4.69) is 15.3 Å². The first-order valence-electron chi connectivity index (χ1n) is 6.32. The number of phenolic OH excluding ortho intramolecular Hbond substituents is 1. The third kappa shape index (κ3) is 1.90. The van der Waals surface area contributed by atoms with Crippen LogP contribution in [0.2, 0.25) is 5.15 Å². The number of aromatic nitrogens is 4. The Kier molecular flexibility index (Phi) is 2.55. The van der Waals surface area contributed by atoms with E-state index in [4.69, 9.17) is 11.6 Å². The number of aromatic hydroxyl groups is 1. The number of benzene rings is 1. The first-order chi connectivity index (χ1) is 10.2. The van der Waals surface area contributed by atoms with Crippen LogP contribution in [-0.2, 0) is 0 Å². The summed E-state index contributed by atoms with van der Waals surface area (Å²) in [6, 6.07) is 8.56. The molecule has 0 spiro atoms. The largest absolute Gasteiger partial charge is 0.508 e. The van der Waals surface area contributed by atoms with Crippen LogP contribution in [0.4, 0.5) is 0 Å². The second-order valence-electron chi connectivity index (χ2n) is 4.67. The van der Waals surface area contributed by atoms with Gasteiger partial charge in [0.1, 0.15) is 5.75 Å². The van der Waals surface area contributed by atoms with Gasteiger partial charge in [-0.15, -0.1) is 10.2 Å². The van der Waals surface area contributed by atoms with Gasteiger partial charge in [-0.25, -0.2) is 0 Å². The maximum absolute atomic E-state index is 9.35. The first-order valence-corrected chi connectivity index (χ1v) is 6.70. The molecule has 1 aromatic carbocycles. The number of hydrogen-bond acceptors (Lipinski definition) is 4. The minimum absolute atomic E-state index is 0.199. The summed E-state index contributed by atoms with van der Waals surface area (Å²) in [4.78, 5) is 0. The molecule has 0 aliphatic heterocycles. The standard InChI is InChI=1S/C15H9ClN4O/c16-14-12(9-2-1-3-9)8-13-17-18-15(20(13)19-14)10-4-6-11(21)7-5-10/h1-8,21H. The van der Waals surface area contributed by atoms with Gasteiger partial charge in [0.2, 0.25) is 0 Å². The summed E-state index contributed by atoms with van der Waals surface area (Å²) in [5.41, 5.74) is 3.30. The maximum Gasteiger partial charge on any atom is 0.185 e. The third-order valence-electron chi connectivity index (χ3n) is 3.34. The van der Waals surface area contributed by atoms with E-state index in [1.807, 2.05) is 24.3 Å². The quantitative estimate of drug-likeness (QED) is 0.789. The summed E-state index contributed by atoms with van der Waals surface area (Å²) in [5.74, 6) is 0.779. The highest BCUT2D eigenvalue weighted by Gasteiger charge is 2.15. The fourth-order valence-corrected chi connectivity index (χ4v) is 2.41. The number of halogens is 1. The number of nitrogens with zero attached hydrogens (tertiary/aromatic N) is 4. The van der Waals surface area contributed by atoms with Crippen LogP contribution in [0.5, 0.6) is 5.75 Å². The Morgan fingerprint density at radius 2 is 1.86 bits per heavy atom. The van der Waals surface area contributed by atoms with Crippen molar-refractivity contribution in [2.45, 2.75) is 0 Å². The van der Waals surface area contributed by atoms with Crippen molar-refractivity contribution in [1.82, 2.24) is 19.8 Å². The molecule has 4 rings (SSSR count). The number of rotatable bonds is 2. The first kappa shape index (κ1) is 12.1. The molecule has 0 atom stereocenters. The van der Waals surface area contributed by atoms with Crippen molar-refractivity contribution in [3.05, 3.63) is 59.3 Å². The van der Waals surface area contributed by atoms with Crippen molar-refractivity contribution < 1.29 is 5.11 Å². The second kappa shape index (κ2) is 4.43. The van der Waals surface area contributed by atoms with Gasteiger partial charge in [-0.05, 0) is 35.9 Å². The van der Waals surface area contributed by atoms with E-state index in [9.17, 15) is 5.11 Å². The van der Waals surface area contributed by atoms with Gasteiger partial charge in [-0.2, -0.15) is 9.61 Å². The zero-order chi connectivity index (χ0) is 14.4. The molecule has 0 fully saturated rings. The zero-order valence-corrected chi connectivity index (χ0v) is 11.5. The van der Waals surface area contributed by atoms with Gasteiger partial charge < -0.3 is 5.11 Å². The molecule has 0 saturated heterocycles. The number of phenols is 1. The minimum atomic E-state index is 0.199. The maximum atomic E-state index is 9.35. The molecule has 0 bridgehead atoms. The Morgan fingerprint density at radius 3 is 2.52 bits per heavy atom. The number of hydrogen-bond donors (Lipinski definition) is 1. The molecule has 1 aliphatic rings. The van der Waals surface area contributed by atoms with Crippen LogP contribution in [0.25, 0.3) is 22.6 Å². The van der Waals surface area contributed by atoms with Crippen LogP contribution in [0.1, 0.15) is 5.56 Å². The van der Waals surface area contributed by atoms with E-state index in [0.29, 0.717) is 16.6 Å². The molecule has 2 aromatic heterocycles. The molecule has 1 aliphatic carbocycles. The minimum Gasteiger partial charge on any atom is -0.508 e. The lowest BCUT2D eigenvalue weighted by atomic mass is 10.0. The lowest BCUT2D eigenvalue weighted by Crippen LogP contribution is -1.99. The van der Waals surface area contributed by atoms with Crippen LogP contribution in [0.15, 0.2) is 48.6 Å². The normalized spacial score (nSPS) is 13.3. The molecule has 0 radical (unpaired) electrons. The van der Waals surface area contributed by atoms with Gasteiger partial charge in [0.15, 0.2) is 16.6 Å². The number of fused-ring (bicyclic) bond motifs is 1. The van der Waals surface area contributed by atoms with E-state index in [0.717, 1.165) is 16.7 Å². The van der Waals surface area contributed by atoms with Crippen molar-refractivity contribution >= 4 is 22.8 Å². The molecule has 21 heavy (non-hydrogen) atoms. The van der Waals surface area contributed by atoms with Gasteiger partial charge in [0.05, 0.1) is 0 Å². The molecular formula is C15H9ClN4O. The molecule has 1 N–H and O–H groups in total. The predicted molar refractivity (Wildman–Crippen MR) is 80.0 cm³/mol. The van der Waals surface area contributed by atoms with Crippen molar-refractivity contribution in [1.29, 1.82) is 0 Å². The Morgan fingerprint density at radius 1 is 1.10 bits per heavy atom. The van der Waals surface area contributed by atoms with Gasteiger partial charge in [0, 0.05) is 11.1 Å². The molecule has 0 unspecified atom stereocenters. The molecule has 5 nitrogen and oxygen atoms in total. The lowest BCUT2D eigenvalue weighted by molar-refractivity contribution is 0.475. The molecule has 6 heteroatoms. The van der Waals surface area contributed by atoms with E-state index in [1.54, 1.807) is 28.8 Å². The SMILES string of the molecule is Oc1ccc(-c2nnc3cc(C4=CC=C4)c(Cl)nn23)cc1. The fraction of sp³-hybridized carbons (Fsp3) is 0. The lowest BCUT2D eigenvalue weighted by Gasteiger charge is -2.09. The monoisotopic (exact) mass is 296 g/mol. The van der Waals surface area contributed by atoms with Crippen LogP contribution < -0.4 is 0 Å². The van der Waals surface area contributed by atoms with Crippen LogP contribution in [0, 0.1) is 0 Å². The summed E-state index contributed by atoms with van der Waals surface area (Å²) < 4.78 is 1.60. The van der Waals surface area contributed by atoms with E-state index in [1.165, 1.54) is 0 Å². The molecule has 2 heterocycles. The van der Waals surface area contributed by atoms with Crippen molar-refractivity contribution in [2.75, 3.05) is 0 Å². The van der Waals surface area contributed by atoms with Gasteiger partial charge in [-0.1, -0.05) is 29.8 Å². The van der Waals surface area contributed by atoms with Crippen LogP contribution in [0.3, 0.4) is 0 Å². The topological polar surface area (TPSA) is 63.3 Å². The summed E-state index contributed by atoms with van der Waals surface area (Å²) >= 11 is 6.25. The Labute approximate surface area is 124 Å². The Balaban J connectivity index is 1.88. The highest BCUT2D eigenvalue weighted by Crippen LogP contribution is 2.29.